The number of para-hydroxylation sites is 2. The third-order valence-electron chi connectivity index (χ3n) is 3.08. The molecule has 0 unspecified atom stereocenters. The van der Waals surface area contributed by atoms with Crippen LogP contribution < -0.4 is 14.8 Å². The van der Waals surface area contributed by atoms with Crippen LogP contribution in [0.15, 0.2) is 48.5 Å². The van der Waals surface area contributed by atoms with E-state index >= 15 is 0 Å². The maximum Gasteiger partial charge on any atom is 0.387 e. The molecule has 1 N–H and O–H groups in total. The molecule has 4 nitrogen and oxygen atoms in total. The first kappa shape index (κ1) is 16.7. The zero-order chi connectivity index (χ0) is 16.7. The van der Waals surface area contributed by atoms with E-state index in [0.717, 1.165) is 6.42 Å². The zero-order valence-electron chi connectivity index (χ0n) is 12.6. The highest BCUT2D eigenvalue weighted by Gasteiger charge is 2.11. The number of hydrogen-bond acceptors (Lipinski definition) is 3. The summed E-state index contributed by atoms with van der Waals surface area (Å²) in [6, 6.07) is 13.4. The number of carbonyl (C=O) groups is 1. The lowest BCUT2D eigenvalue weighted by Gasteiger charge is -2.12. The number of rotatable bonds is 7. The largest absolute Gasteiger partial charge is 0.484 e. The van der Waals surface area contributed by atoms with Gasteiger partial charge in [0.05, 0.1) is 5.69 Å². The van der Waals surface area contributed by atoms with Crippen LogP contribution in [0.25, 0.3) is 0 Å². The maximum absolute atomic E-state index is 12.3. The van der Waals surface area contributed by atoms with E-state index in [0.29, 0.717) is 5.75 Å². The van der Waals surface area contributed by atoms with Crippen LogP contribution >= 0.6 is 0 Å². The number of amides is 1. The molecule has 23 heavy (non-hydrogen) atoms. The Balaban J connectivity index is 1.91. The molecule has 122 valence electrons. The van der Waals surface area contributed by atoms with Gasteiger partial charge in [-0.2, -0.15) is 8.78 Å². The van der Waals surface area contributed by atoms with Crippen LogP contribution in [0, 0.1) is 0 Å². The lowest BCUT2D eigenvalue weighted by Crippen LogP contribution is -2.20. The molecule has 2 rings (SSSR count). The second-order valence-corrected chi connectivity index (χ2v) is 4.71. The fraction of sp³-hybridized carbons (Fsp3) is 0.235. The van der Waals surface area contributed by atoms with Crippen LogP contribution in [0.4, 0.5) is 14.5 Å². The van der Waals surface area contributed by atoms with Crippen molar-refractivity contribution >= 4 is 11.6 Å². The molecule has 2 aromatic carbocycles. The normalized spacial score (nSPS) is 10.4. The lowest BCUT2D eigenvalue weighted by atomic mass is 10.2. The summed E-state index contributed by atoms with van der Waals surface area (Å²) in [7, 11) is 0. The van der Waals surface area contributed by atoms with Gasteiger partial charge in [-0.15, -0.1) is 0 Å². The number of hydrogen-bond donors (Lipinski definition) is 1. The number of ether oxygens (including phenoxy) is 2. The summed E-state index contributed by atoms with van der Waals surface area (Å²) < 4.78 is 34.3. The van der Waals surface area contributed by atoms with Crippen LogP contribution in [-0.4, -0.2) is 19.1 Å². The molecule has 0 fully saturated rings. The molecule has 6 heteroatoms. The van der Waals surface area contributed by atoms with E-state index in [9.17, 15) is 13.6 Å². The predicted octanol–water partition coefficient (Wildman–Crippen LogP) is 3.87. The fourth-order valence-electron chi connectivity index (χ4n) is 1.93. The van der Waals surface area contributed by atoms with Gasteiger partial charge in [-0.3, -0.25) is 4.79 Å². The van der Waals surface area contributed by atoms with Crippen molar-refractivity contribution in [2.75, 3.05) is 11.9 Å². The summed E-state index contributed by atoms with van der Waals surface area (Å²) >= 11 is 0. The lowest BCUT2D eigenvalue weighted by molar-refractivity contribution is -0.118. The van der Waals surface area contributed by atoms with Crippen molar-refractivity contribution in [1.29, 1.82) is 0 Å². The Labute approximate surface area is 133 Å². The molecular weight excluding hydrogens is 304 g/mol. The Hall–Kier alpha value is -2.63. The van der Waals surface area contributed by atoms with E-state index in [-0.39, 0.29) is 18.0 Å². The Morgan fingerprint density at radius 3 is 2.48 bits per heavy atom. The van der Waals surface area contributed by atoms with Crippen molar-refractivity contribution in [1.82, 2.24) is 0 Å². The first-order chi connectivity index (χ1) is 11.1. The monoisotopic (exact) mass is 321 g/mol. The molecule has 0 bridgehead atoms. The van der Waals surface area contributed by atoms with Crippen LogP contribution in [0.3, 0.4) is 0 Å². The van der Waals surface area contributed by atoms with E-state index in [4.69, 9.17) is 4.74 Å². The molecule has 0 atom stereocenters. The van der Waals surface area contributed by atoms with E-state index < -0.39 is 12.5 Å². The van der Waals surface area contributed by atoms with Crippen molar-refractivity contribution in [3.05, 3.63) is 54.1 Å². The number of carbonyl (C=O) groups excluding carboxylic acids is 1. The summed E-state index contributed by atoms with van der Waals surface area (Å²) in [6.07, 6.45) is 0.918. The van der Waals surface area contributed by atoms with Crippen LogP contribution in [-0.2, 0) is 11.2 Å². The molecule has 1 amide bonds. The third-order valence-corrected chi connectivity index (χ3v) is 3.08. The Morgan fingerprint density at radius 1 is 1.13 bits per heavy atom. The van der Waals surface area contributed by atoms with E-state index in [1.165, 1.54) is 17.7 Å². The summed E-state index contributed by atoms with van der Waals surface area (Å²) in [5.41, 5.74) is 1.34. The van der Waals surface area contributed by atoms with Gasteiger partial charge in [0.1, 0.15) is 11.5 Å². The summed E-state index contributed by atoms with van der Waals surface area (Å²) in [6.45, 7) is -1.14. The standard InChI is InChI=1S/C17H17F2NO3/c1-2-12-7-9-13(10-8-12)22-11-16(21)20-14-5-3-4-6-15(14)23-17(18)19/h3-10,17H,2,11H2,1H3,(H,20,21). The van der Waals surface area contributed by atoms with Gasteiger partial charge in [0.15, 0.2) is 6.61 Å². The van der Waals surface area contributed by atoms with Crippen molar-refractivity contribution in [3.8, 4) is 11.5 Å². The van der Waals surface area contributed by atoms with Crippen molar-refractivity contribution in [2.45, 2.75) is 20.0 Å². The van der Waals surface area contributed by atoms with Gasteiger partial charge >= 0.3 is 6.61 Å². The number of alkyl halides is 2. The van der Waals surface area contributed by atoms with Crippen molar-refractivity contribution in [2.24, 2.45) is 0 Å². The molecule has 0 saturated heterocycles. The number of nitrogens with one attached hydrogen (secondary N) is 1. The Bertz CT molecular complexity index is 645. The van der Waals surface area contributed by atoms with Crippen LogP contribution in [0.5, 0.6) is 11.5 Å². The van der Waals surface area contributed by atoms with E-state index in [2.05, 4.69) is 10.1 Å². The van der Waals surface area contributed by atoms with Crippen LogP contribution in [0.1, 0.15) is 12.5 Å². The number of aryl methyl sites for hydroxylation is 1. The summed E-state index contributed by atoms with van der Waals surface area (Å²) in [5, 5.41) is 2.49. The van der Waals surface area contributed by atoms with Gasteiger partial charge in [0.25, 0.3) is 5.91 Å². The first-order valence-electron chi connectivity index (χ1n) is 7.14. The van der Waals surface area contributed by atoms with Gasteiger partial charge in [0.2, 0.25) is 0 Å². The highest BCUT2D eigenvalue weighted by Crippen LogP contribution is 2.25. The zero-order valence-corrected chi connectivity index (χ0v) is 12.6. The highest BCUT2D eigenvalue weighted by atomic mass is 19.3. The number of benzene rings is 2. The average Bonchev–Trinajstić information content (AvgIpc) is 2.55. The van der Waals surface area contributed by atoms with Gasteiger partial charge in [-0.05, 0) is 36.2 Å². The molecule has 0 radical (unpaired) electrons. The quantitative estimate of drug-likeness (QED) is 0.842. The Morgan fingerprint density at radius 2 is 1.83 bits per heavy atom. The van der Waals surface area contributed by atoms with Crippen LogP contribution in [0.2, 0.25) is 0 Å². The third kappa shape index (κ3) is 5.25. The topological polar surface area (TPSA) is 47.6 Å². The molecule has 0 saturated carbocycles. The molecule has 0 aliphatic carbocycles. The Kier molecular flexibility index (Phi) is 5.91. The number of halogens is 2. The van der Waals surface area contributed by atoms with Crippen molar-refractivity contribution in [3.63, 3.8) is 0 Å². The van der Waals surface area contributed by atoms with Gasteiger partial charge < -0.3 is 14.8 Å². The summed E-state index contributed by atoms with van der Waals surface area (Å²) in [5.74, 6) is 0.00694. The second kappa shape index (κ2) is 8.12. The smallest absolute Gasteiger partial charge is 0.387 e. The van der Waals surface area contributed by atoms with Gasteiger partial charge in [-0.1, -0.05) is 31.2 Å². The van der Waals surface area contributed by atoms with E-state index in [1.54, 1.807) is 24.3 Å². The molecule has 0 heterocycles. The first-order valence-corrected chi connectivity index (χ1v) is 7.14. The number of anilines is 1. The average molecular weight is 321 g/mol. The predicted molar refractivity (Wildman–Crippen MR) is 83.0 cm³/mol. The minimum atomic E-state index is -2.96. The van der Waals surface area contributed by atoms with Crippen molar-refractivity contribution < 1.29 is 23.0 Å². The molecule has 0 aliphatic heterocycles. The molecule has 0 aromatic heterocycles. The molecule has 0 spiro atoms. The minimum Gasteiger partial charge on any atom is -0.484 e. The van der Waals surface area contributed by atoms with Gasteiger partial charge in [-0.25, -0.2) is 0 Å². The second-order valence-electron chi connectivity index (χ2n) is 4.71. The molecule has 0 aliphatic rings. The fourth-order valence-corrected chi connectivity index (χ4v) is 1.93. The maximum atomic E-state index is 12.3. The minimum absolute atomic E-state index is 0.0943. The SMILES string of the molecule is CCc1ccc(OCC(=O)Nc2ccccc2OC(F)F)cc1. The van der Waals surface area contributed by atoms with Gasteiger partial charge in [0, 0.05) is 0 Å². The molecule has 2 aromatic rings. The van der Waals surface area contributed by atoms with E-state index in [1.807, 2.05) is 19.1 Å². The highest BCUT2D eigenvalue weighted by molar-refractivity contribution is 5.93. The summed E-state index contributed by atoms with van der Waals surface area (Å²) in [4.78, 5) is 11.9. The molecular formula is C17H17F2NO3.